The molecule has 6 heteroatoms. The normalized spacial score (nSPS) is 10.6. The third-order valence-corrected chi connectivity index (χ3v) is 2.04. The molecule has 2 aromatic rings. The Kier molecular flexibility index (Phi) is 2.32. The van der Waals surface area contributed by atoms with Crippen molar-refractivity contribution in [2.24, 2.45) is 0 Å². The highest BCUT2D eigenvalue weighted by atomic mass is 35.5. The molecule has 0 N–H and O–H groups in total. The standard InChI is InChI=1S/C9H5ClFNO3/c1-14-8(13)4-2-3-5(11)7-6(4)12-9(10)15-7/h2-3H,1H3. The van der Waals surface area contributed by atoms with Crippen LogP contribution in [-0.4, -0.2) is 18.1 Å². The number of halogens is 2. The van der Waals surface area contributed by atoms with Crippen LogP contribution in [0.25, 0.3) is 11.1 Å². The second-order valence-corrected chi connectivity index (χ2v) is 3.05. The Morgan fingerprint density at radius 3 is 3.00 bits per heavy atom. The lowest BCUT2D eigenvalue weighted by Crippen LogP contribution is -2.02. The number of carbonyl (C=O) groups excluding carboxylic acids is 1. The van der Waals surface area contributed by atoms with E-state index < -0.39 is 11.8 Å². The summed E-state index contributed by atoms with van der Waals surface area (Å²) in [5.41, 5.74) is 0.0271. The van der Waals surface area contributed by atoms with Crippen molar-refractivity contribution in [2.75, 3.05) is 7.11 Å². The molecule has 0 aliphatic rings. The molecule has 15 heavy (non-hydrogen) atoms. The maximum absolute atomic E-state index is 13.2. The van der Waals surface area contributed by atoms with Crippen molar-refractivity contribution < 1.29 is 18.3 Å². The van der Waals surface area contributed by atoms with Crippen LogP contribution < -0.4 is 0 Å². The number of benzene rings is 1. The molecule has 0 aliphatic carbocycles. The van der Waals surface area contributed by atoms with Gasteiger partial charge in [-0.3, -0.25) is 0 Å². The quantitative estimate of drug-likeness (QED) is 0.705. The molecule has 0 amide bonds. The number of nitrogens with zero attached hydrogens (tertiary/aromatic N) is 1. The van der Waals surface area contributed by atoms with E-state index in [9.17, 15) is 9.18 Å². The average Bonchev–Trinajstić information content (AvgIpc) is 2.60. The Balaban J connectivity index is 2.76. The zero-order valence-electron chi connectivity index (χ0n) is 7.58. The van der Waals surface area contributed by atoms with Crippen LogP contribution in [0.3, 0.4) is 0 Å². The summed E-state index contributed by atoms with van der Waals surface area (Å²) in [5.74, 6) is -1.25. The molecule has 2 rings (SSSR count). The highest BCUT2D eigenvalue weighted by molar-refractivity contribution is 6.28. The van der Waals surface area contributed by atoms with E-state index in [1.165, 1.54) is 13.2 Å². The molecular formula is C9H5ClFNO3. The fourth-order valence-electron chi connectivity index (χ4n) is 1.22. The van der Waals surface area contributed by atoms with E-state index in [2.05, 4.69) is 9.72 Å². The van der Waals surface area contributed by atoms with Crippen molar-refractivity contribution in [3.05, 3.63) is 28.9 Å². The highest BCUT2D eigenvalue weighted by Crippen LogP contribution is 2.25. The van der Waals surface area contributed by atoms with Gasteiger partial charge in [0, 0.05) is 0 Å². The van der Waals surface area contributed by atoms with Gasteiger partial charge >= 0.3 is 5.97 Å². The van der Waals surface area contributed by atoms with Crippen molar-refractivity contribution in [2.45, 2.75) is 0 Å². The second-order valence-electron chi connectivity index (χ2n) is 2.73. The lowest BCUT2D eigenvalue weighted by Gasteiger charge is -1.98. The average molecular weight is 230 g/mol. The monoisotopic (exact) mass is 229 g/mol. The molecule has 78 valence electrons. The van der Waals surface area contributed by atoms with Crippen LogP contribution in [0.5, 0.6) is 0 Å². The molecule has 1 aromatic carbocycles. The van der Waals surface area contributed by atoms with Crippen LogP contribution >= 0.6 is 11.6 Å². The molecule has 4 nitrogen and oxygen atoms in total. The molecule has 0 bridgehead atoms. The summed E-state index contributed by atoms with van der Waals surface area (Å²) in [7, 11) is 1.22. The minimum Gasteiger partial charge on any atom is -0.465 e. The fraction of sp³-hybridized carbons (Fsp3) is 0.111. The first-order valence-electron chi connectivity index (χ1n) is 3.96. The third kappa shape index (κ3) is 1.55. The zero-order chi connectivity index (χ0) is 11.0. The van der Waals surface area contributed by atoms with Crippen LogP contribution in [0.2, 0.25) is 5.35 Å². The van der Waals surface area contributed by atoms with E-state index >= 15 is 0 Å². The Hall–Kier alpha value is -1.62. The molecule has 0 unspecified atom stereocenters. The van der Waals surface area contributed by atoms with Crippen molar-refractivity contribution in [1.29, 1.82) is 0 Å². The number of hydrogen-bond donors (Lipinski definition) is 0. The predicted molar refractivity (Wildman–Crippen MR) is 50.3 cm³/mol. The summed E-state index contributed by atoms with van der Waals surface area (Å²) in [4.78, 5) is 15.0. The molecule has 0 fully saturated rings. The Bertz CT molecular complexity index is 537. The van der Waals surface area contributed by atoms with E-state index in [0.717, 1.165) is 6.07 Å². The minimum atomic E-state index is -0.628. The number of fused-ring (bicyclic) bond motifs is 1. The molecule has 0 saturated heterocycles. The first kappa shape index (κ1) is 9.92. The summed E-state index contributed by atoms with van der Waals surface area (Å²) in [6.45, 7) is 0. The van der Waals surface area contributed by atoms with Crippen molar-refractivity contribution in [3.8, 4) is 0 Å². The van der Waals surface area contributed by atoms with Crippen LogP contribution in [0, 0.1) is 5.82 Å². The van der Waals surface area contributed by atoms with Crippen LogP contribution in [0.1, 0.15) is 10.4 Å². The summed E-state index contributed by atoms with van der Waals surface area (Å²) < 4.78 is 22.5. The topological polar surface area (TPSA) is 52.3 Å². The van der Waals surface area contributed by atoms with Gasteiger partial charge in [0.2, 0.25) is 0 Å². The maximum Gasteiger partial charge on any atom is 0.340 e. The zero-order valence-corrected chi connectivity index (χ0v) is 8.34. The SMILES string of the molecule is COC(=O)c1ccc(F)c2oc(Cl)nc12. The summed E-state index contributed by atoms with van der Waals surface area (Å²) >= 11 is 5.48. The van der Waals surface area contributed by atoms with Gasteiger partial charge in [0.05, 0.1) is 12.7 Å². The summed E-state index contributed by atoms with van der Waals surface area (Å²) in [6, 6.07) is 2.36. The van der Waals surface area contributed by atoms with Gasteiger partial charge in [-0.05, 0) is 23.7 Å². The Morgan fingerprint density at radius 1 is 1.60 bits per heavy atom. The molecule has 1 heterocycles. The predicted octanol–water partition coefficient (Wildman–Crippen LogP) is 2.41. The number of oxazole rings is 1. The number of esters is 1. The molecular weight excluding hydrogens is 225 g/mol. The van der Waals surface area contributed by atoms with Crippen LogP contribution in [0.4, 0.5) is 4.39 Å². The van der Waals surface area contributed by atoms with Gasteiger partial charge in [-0.15, -0.1) is 0 Å². The lowest BCUT2D eigenvalue weighted by molar-refractivity contribution is 0.0602. The largest absolute Gasteiger partial charge is 0.465 e. The number of hydrogen-bond acceptors (Lipinski definition) is 4. The van der Waals surface area contributed by atoms with Crippen LogP contribution in [-0.2, 0) is 4.74 Å². The van der Waals surface area contributed by atoms with Crippen LogP contribution in [0.15, 0.2) is 16.5 Å². The Labute approximate surface area is 88.6 Å². The molecule has 0 atom stereocenters. The van der Waals surface area contributed by atoms with E-state index in [0.29, 0.717) is 0 Å². The number of rotatable bonds is 1. The van der Waals surface area contributed by atoms with Crippen molar-refractivity contribution >= 4 is 28.7 Å². The smallest absolute Gasteiger partial charge is 0.340 e. The Morgan fingerprint density at radius 2 is 2.33 bits per heavy atom. The first-order chi connectivity index (χ1) is 7.13. The third-order valence-electron chi connectivity index (χ3n) is 1.87. The molecule has 0 saturated carbocycles. The highest BCUT2D eigenvalue weighted by Gasteiger charge is 2.18. The lowest BCUT2D eigenvalue weighted by atomic mass is 10.2. The number of ether oxygens (including phenoxy) is 1. The molecule has 0 radical (unpaired) electrons. The van der Waals surface area contributed by atoms with E-state index in [1.807, 2.05) is 0 Å². The summed E-state index contributed by atoms with van der Waals surface area (Å²) in [6.07, 6.45) is 0. The van der Waals surface area contributed by atoms with Gasteiger partial charge in [-0.25, -0.2) is 9.18 Å². The van der Waals surface area contributed by atoms with Gasteiger partial charge in [0.25, 0.3) is 5.35 Å². The van der Waals surface area contributed by atoms with E-state index in [-0.39, 0.29) is 22.0 Å². The van der Waals surface area contributed by atoms with Crippen molar-refractivity contribution in [1.82, 2.24) is 4.98 Å². The number of aromatic nitrogens is 1. The van der Waals surface area contributed by atoms with Crippen molar-refractivity contribution in [3.63, 3.8) is 0 Å². The first-order valence-corrected chi connectivity index (χ1v) is 4.34. The van der Waals surface area contributed by atoms with Gasteiger partial charge < -0.3 is 9.15 Å². The van der Waals surface area contributed by atoms with E-state index in [4.69, 9.17) is 16.0 Å². The van der Waals surface area contributed by atoms with Gasteiger partial charge in [-0.2, -0.15) is 4.98 Å². The summed E-state index contributed by atoms with van der Waals surface area (Å²) in [5, 5.41) is -0.222. The fourth-order valence-corrected chi connectivity index (χ4v) is 1.39. The number of methoxy groups -OCH3 is 1. The van der Waals surface area contributed by atoms with Gasteiger partial charge in [-0.1, -0.05) is 0 Å². The molecule has 0 spiro atoms. The minimum absolute atomic E-state index is 0.0619. The second kappa shape index (κ2) is 3.51. The molecule has 1 aromatic heterocycles. The number of carbonyl (C=O) groups is 1. The molecule has 0 aliphatic heterocycles. The maximum atomic E-state index is 13.2. The van der Waals surface area contributed by atoms with Gasteiger partial charge in [0.1, 0.15) is 5.52 Å². The van der Waals surface area contributed by atoms with Gasteiger partial charge in [0.15, 0.2) is 11.4 Å². The van der Waals surface area contributed by atoms with E-state index in [1.54, 1.807) is 0 Å².